The van der Waals surface area contributed by atoms with Crippen molar-refractivity contribution in [3.05, 3.63) is 0 Å². The molecule has 20 heavy (non-hydrogen) atoms. The van der Waals surface area contributed by atoms with Crippen molar-refractivity contribution in [2.75, 3.05) is 46.6 Å². The fourth-order valence-corrected chi connectivity index (χ4v) is 3.15. The third-order valence-corrected chi connectivity index (χ3v) is 4.32. The maximum absolute atomic E-state index is 5.85. The molecule has 0 saturated carbocycles. The smallest absolute Gasteiger partial charge is 0.115 e. The normalized spacial score (nSPS) is 38.2. The Morgan fingerprint density at radius 2 is 1.60 bits per heavy atom. The molecule has 0 aromatic heterocycles. The lowest BCUT2D eigenvalue weighted by molar-refractivity contribution is -0.0676. The van der Waals surface area contributed by atoms with Gasteiger partial charge in [0.25, 0.3) is 0 Å². The zero-order valence-corrected chi connectivity index (χ0v) is 12.1. The number of fused-ring (bicyclic) bond motifs is 1. The quantitative estimate of drug-likeness (QED) is 0.692. The molecule has 0 amide bonds. The average molecular weight is 287 g/mol. The zero-order valence-electron chi connectivity index (χ0n) is 12.1. The SMILES string of the molecule is CO[C@@H]1CO[C@H]2[C@@H]1OC[C@H]2OCCOC1CCNCC1. The molecule has 4 atom stereocenters. The van der Waals surface area contributed by atoms with Gasteiger partial charge in [0.2, 0.25) is 0 Å². The highest BCUT2D eigenvalue weighted by atomic mass is 16.6. The topological polar surface area (TPSA) is 58.2 Å². The van der Waals surface area contributed by atoms with Crippen LogP contribution < -0.4 is 5.32 Å². The van der Waals surface area contributed by atoms with Crippen LogP contribution in [0.3, 0.4) is 0 Å². The van der Waals surface area contributed by atoms with Crippen molar-refractivity contribution in [3.63, 3.8) is 0 Å². The third-order valence-electron chi connectivity index (χ3n) is 4.32. The molecule has 0 unspecified atom stereocenters. The van der Waals surface area contributed by atoms with E-state index >= 15 is 0 Å². The predicted octanol–water partition coefficient (Wildman–Crippen LogP) is -0.0472. The number of piperidine rings is 1. The second kappa shape index (κ2) is 7.15. The zero-order chi connectivity index (χ0) is 13.8. The lowest BCUT2D eigenvalue weighted by Gasteiger charge is -2.23. The van der Waals surface area contributed by atoms with E-state index in [2.05, 4.69) is 5.32 Å². The summed E-state index contributed by atoms with van der Waals surface area (Å²) in [5, 5.41) is 3.33. The second-order valence-corrected chi connectivity index (χ2v) is 5.60. The van der Waals surface area contributed by atoms with E-state index in [-0.39, 0.29) is 24.4 Å². The van der Waals surface area contributed by atoms with Gasteiger partial charge in [-0.3, -0.25) is 0 Å². The summed E-state index contributed by atoms with van der Waals surface area (Å²) >= 11 is 0. The van der Waals surface area contributed by atoms with Crippen LogP contribution in [-0.4, -0.2) is 77.1 Å². The van der Waals surface area contributed by atoms with Crippen molar-refractivity contribution in [1.82, 2.24) is 5.32 Å². The minimum absolute atomic E-state index is 0.0109. The van der Waals surface area contributed by atoms with Crippen LogP contribution in [0.4, 0.5) is 0 Å². The van der Waals surface area contributed by atoms with E-state index in [9.17, 15) is 0 Å². The first kappa shape index (κ1) is 14.7. The van der Waals surface area contributed by atoms with Crippen LogP contribution in [0.25, 0.3) is 0 Å². The van der Waals surface area contributed by atoms with Crippen molar-refractivity contribution in [3.8, 4) is 0 Å². The Balaban J connectivity index is 1.33. The van der Waals surface area contributed by atoms with Crippen molar-refractivity contribution in [2.24, 2.45) is 0 Å². The Morgan fingerprint density at radius 1 is 0.950 bits per heavy atom. The first-order valence-corrected chi connectivity index (χ1v) is 7.58. The van der Waals surface area contributed by atoms with Crippen LogP contribution in [-0.2, 0) is 23.7 Å². The van der Waals surface area contributed by atoms with Gasteiger partial charge in [0.1, 0.15) is 24.4 Å². The Morgan fingerprint density at radius 3 is 2.35 bits per heavy atom. The summed E-state index contributed by atoms with van der Waals surface area (Å²) in [6, 6.07) is 0. The molecule has 0 aromatic rings. The van der Waals surface area contributed by atoms with Crippen LogP contribution in [0.15, 0.2) is 0 Å². The Labute approximate surface area is 120 Å². The monoisotopic (exact) mass is 287 g/mol. The molecule has 3 heterocycles. The fourth-order valence-electron chi connectivity index (χ4n) is 3.15. The molecule has 0 aliphatic carbocycles. The number of rotatable bonds is 6. The van der Waals surface area contributed by atoms with Crippen molar-refractivity contribution < 1.29 is 23.7 Å². The summed E-state index contributed by atoms with van der Waals surface area (Å²) in [5.41, 5.74) is 0. The highest BCUT2D eigenvalue weighted by Crippen LogP contribution is 2.30. The van der Waals surface area contributed by atoms with Gasteiger partial charge in [-0.2, -0.15) is 0 Å². The van der Waals surface area contributed by atoms with Gasteiger partial charge in [-0.15, -0.1) is 0 Å². The number of nitrogens with one attached hydrogen (secondary N) is 1. The summed E-state index contributed by atoms with van der Waals surface area (Å²) in [5.74, 6) is 0. The number of ether oxygens (including phenoxy) is 5. The number of hydrogen-bond donors (Lipinski definition) is 1. The van der Waals surface area contributed by atoms with E-state index in [4.69, 9.17) is 23.7 Å². The minimum atomic E-state index is 0.0109. The molecule has 0 radical (unpaired) electrons. The first-order chi connectivity index (χ1) is 9.88. The predicted molar refractivity (Wildman–Crippen MR) is 71.9 cm³/mol. The van der Waals surface area contributed by atoms with Gasteiger partial charge in [0.15, 0.2) is 0 Å². The first-order valence-electron chi connectivity index (χ1n) is 7.58. The highest BCUT2D eigenvalue weighted by molar-refractivity contribution is 4.95. The summed E-state index contributed by atoms with van der Waals surface area (Å²) in [6.45, 7) is 4.53. The minimum Gasteiger partial charge on any atom is -0.376 e. The van der Waals surface area contributed by atoms with Gasteiger partial charge in [0, 0.05) is 7.11 Å². The third kappa shape index (κ3) is 3.32. The molecule has 3 fully saturated rings. The van der Waals surface area contributed by atoms with Gasteiger partial charge >= 0.3 is 0 Å². The largest absolute Gasteiger partial charge is 0.376 e. The van der Waals surface area contributed by atoms with Crippen LogP contribution in [0.2, 0.25) is 0 Å². The van der Waals surface area contributed by atoms with E-state index in [1.807, 2.05) is 0 Å². The Bertz CT molecular complexity index is 297. The van der Waals surface area contributed by atoms with Gasteiger partial charge in [-0.1, -0.05) is 0 Å². The van der Waals surface area contributed by atoms with Crippen LogP contribution >= 0.6 is 0 Å². The molecular formula is C14H25NO5. The highest BCUT2D eigenvalue weighted by Gasteiger charge is 2.48. The van der Waals surface area contributed by atoms with Crippen LogP contribution in [0.1, 0.15) is 12.8 Å². The van der Waals surface area contributed by atoms with E-state index < -0.39 is 0 Å². The molecular weight excluding hydrogens is 262 g/mol. The molecule has 3 rings (SSSR count). The van der Waals surface area contributed by atoms with Gasteiger partial charge in [0.05, 0.1) is 32.5 Å². The second-order valence-electron chi connectivity index (χ2n) is 5.60. The molecule has 0 bridgehead atoms. The lowest BCUT2D eigenvalue weighted by atomic mass is 10.1. The molecule has 6 nitrogen and oxygen atoms in total. The van der Waals surface area contributed by atoms with Crippen LogP contribution in [0, 0.1) is 0 Å². The molecule has 3 aliphatic rings. The Kier molecular flexibility index (Phi) is 5.25. The average Bonchev–Trinajstić information content (AvgIpc) is 3.07. The van der Waals surface area contributed by atoms with Crippen molar-refractivity contribution in [2.45, 2.75) is 43.4 Å². The van der Waals surface area contributed by atoms with Crippen molar-refractivity contribution >= 4 is 0 Å². The summed E-state index contributed by atoms with van der Waals surface area (Å²) < 4.78 is 28.5. The fraction of sp³-hybridized carbons (Fsp3) is 1.00. The van der Waals surface area contributed by atoms with E-state index in [1.54, 1.807) is 7.11 Å². The maximum atomic E-state index is 5.85. The summed E-state index contributed by atoms with van der Waals surface area (Å²) in [4.78, 5) is 0. The molecule has 0 spiro atoms. The molecule has 3 aliphatic heterocycles. The number of hydrogen-bond acceptors (Lipinski definition) is 6. The maximum Gasteiger partial charge on any atom is 0.115 e. The van der Waals surface area contributed by atoms with Gasteiger partial charge < -0.3 is 29.0 Å². The number of methoxy groups -OCH3 is 1. The molecule has 116 valence electrons. The van der Waals surface area contributed by atoms with Crippen molar-refractivity contribution in [1.29, 1.82) is 0 Å². The van der Waals surface area contributed by atoms with Gasteiger partial charge in [-0.05, 0) is 25.9 Å². The van der Waals surface area contributed by atoms with E-state index in [1.165, 1.54) is 0 Å². The van der Waals surface area contributed by atoms with Crippen LogP contribution in [0.5, 0.6) is 0 Å². The molecule has 0 aromatic carbocycles. The summed E-state index contributed by atoms with van der Waals surface area (Å²) in [6.07, 6.45) is 2.66. The Hall–Kier alpha value is -0.240. The van der Waals surface area contributed by atoms with E-state index in [0.717, 1.165) is 25.9 Å². The molecule has 3 saturated heterocycles. The van der Waals surface area contributed by atoms with E-state index in [0.29, 0.717) is 32.5 Å². The molecule has 1 N–H and O–H groups in total. The standard InChI is InChI=1S/C14H25NO5/c1-16-11-8-19-14-12(9-20-13(11)14)18-7-6-17-10-2-4-15-5-3-10/h10-15H,2-9H2,1H3/t11-,12-,13-,14-/m1/s1. The lowest BCUT2D eigenvalue weighted by Crippen LogP contribution is -2.35. The van der Waals surface area contributed by atoms with Gasteiger partial charge in [-0.25, -0.2) is 0 Å². The summed E-state index contributed by atoms with van der Waals surface area (Å²) in [7, 11) is 1.70. The molecule has 6 heteroatoms.